The molecular weight excluding hydrogens is 352 g/mol. The molecule has 3 rings (SSSR count). The molecule has 0 aliphatic rings. The van der Waals surface area contributed by atoms with Gasteiger partial charge in [-0.15, -0.1) is 0 Å². The van der Waals surface area contributed by atoms with Crippen molar-refractivity contribution in [3.05, 3.63) is 52.8 Å². The number of para-hydroxylation sites is 2. The molecule has 2 aromatic carbocycles. The molecule has 1 amide bonds. The Morgan fingerprint density at radius 2 is 1.77 bits per heavy atom. The molecule has 0 atom stereocenters. The van der Waals surface area contributed by atoms with Crippen LogP contribution in [-0.2, 0) is 11.3 Å². The zero-order valence-corrected chi connectivity index (χ0v) is 15.7. The van der Waals surface area contributed by atoms with Crippen LogP contribution in [0.25, 0.3) is 10.2 Å². The Morgan fingerprint density at radius 3 is 2.50 bits per heavy atom. The highest BCUT2D eigenvalue weighted by Gasteiger charge is 2.14. The third kappa shape index (κ3) is 3.49. The van der Waals surface area contributed by atoms with Gasteiger partial charge in [0.25, 0.3) is 5.91 Å². The number of hydrogen-bond acceptors (Lipinski definition) is 5. The molecule has 7 heteroatoms. The number of amides is 1. The largest absolute Gasteiger partial charge is 0.496 e. The van der Waals surface area contributed by atoms with Gasteiger partial charge in [-0.1, -0.05) is 29.5 Å². The highest BCUT2D eigenvalue weighted by atomic mass is 32.1. The van der Waals surface area contributed by atoms with Crippen molar-refractivity contribution < 1.29 is 19.0 Å². The van der Waals surface area contributed by atoms with E-state index in [0.717, 1.165) is 16.0 Å². The first-order valence-corrected chi connectivity index (χ1v) is 8.88. The number of ether oxygens (including phenoxy) is 3. The number of nitrogens with zero attached hydrogens (tertiary/aromatic N) is 2. The molecule has 0 saturated carbocycles. The number of fused-ring (bicyclic) bond motifs is 1. The van der Waals surface area contributed by atoms with Crippen molar-refractivity contribution in [1.82, 2.24) is 4.57 Å². The van der Waals surface area contributed by atoms with E-state index in [2.05, 4.69) is 4.99 Å². The van der Waals surface area contributed by atoms with Gasteiger partial charge >= 0.3 is 0 Å². The molecule has 136 valence electrons. The van der Waals surface area contributed by atoms with Crippen LogP contribution in [0.2, 0.25) is 0 Å². The fourth-order valence-electron chi connectivity index (χ4n) is 2.71. The number of thiazole rings is 1. The zero-order chi connectivity index (χ0) is 18.5. The van der Waals surface area contributed by atoms with Crippen molar-refractivity contribution in [2.24, 2.45) is 4.99 Å². The highest BCUT2D eigenvalue weighted by molar-refractivity contribution is 7.16. The summed E-state index contributed by atoms with van der Waals surface area (Å²) in [5, 5.41) is 0. The van der Waals surface area contributed by atoms with Crippen molar-refractivity contribution in [3.8, 4) is 11.5 Å². The number of hydrogen-bond donors (Lipinski definition) is 0. The first-order chi connectivity index (χ1) is 12.7. The van der Waals surface area contributed by atoms with E-state index in [1.165, 1.54) is 18.4 Å². The zero-order valence-electron chi connectivity index (χ0n) is 14.9. The van der Waals surface area contributed by atoms with Gasteiger partial charge in [-0.25, -0.2) is 0 Å². The Labute approximate surface area is 155 Å². The average molecular weight is 372 g/mol. The van der Waals surface area contributed by atoms with Gasteiger partial charge in [0, 0.05) is 13.7 Å². The fourth-order valence-corrected chi connectivity index (χ4v) is 3.78. The van der Waals surface area contributed by atoms with Crippen LogP contribution < -0.4 is 14.3 Å². The fraction of sp³-hybridized carbons (Fsp3) is 0.263. The van der Waals surface area contributed by atoms with Crippen LogP contribution in [0.3, 0.4) is 0 Å². The molecule has 0 spiro atoms. The molecule has 0 aliphatic heterocycles. The predicted molar refractivity (Wildman–Crippen MR) is 101 cm³/mol. The quantitative estimate of drug-likeness (QED) is 0.667. The third-order valence-corrected chi connectivity index (χ3v) is 4.98. The summed E-state index contributed by atoms with van der Waals surface area (Å²) in [6, 6.07) is 12.9. The second-order valence-corrected chi connectivity index (χ2v) is 6.46. The maximum absolute atomic E-state index is 12.7. The molecule has 0 saturated heterocycles. The second-order valence-electron chi connectivity index (χ2n) is 5.45. The summed E-state index contributed by atoms with van der Waals surface area (Å²) in [6.45, 7) is 1.06. The van der Waals surface area contributed by atoms with Crippen molar-refractivity contribution in [2.45, 2.75) is 6.54 Å². The molecule has 1 heterocycles. The van der Waals surface area contributed by atoms with Gasteiger partial charge in [0.2, 0.25) is 0 Å². The number of benzene rings is 2. The van der Waals surface area contributed by atoms with Gasteiger partial charge in [0.15, 0.2) is 4.80 Å². The summed E-state index contributed by atoms with van der Waals surface area (Å²) >= 11 is 1.44. The van der Waals surface area contributed by atoms with E-state index in [1.807, 2.05) is 28.8 Å². The lowest BCUT2D eigenvalue weighted by Crippen LogP contribution is -2.19. The second kappa shape index (κ2) is 8.16. The molecule has 0 bridgehead atoms. The average Bonchev–Trinajstić information content (AvgIpc) is 3.03. The molecule has 3 aromatic rings. The van der Waals surface area contributed by atoms with E-state index < -0.39 is 0 Å². The van der Waals surface area contributed by atoms with E-state index in [0.29, 0.717) is 29.3 Å². The van der Waals surface area contributed by atoms with Gasteiger partial charge in [-0.05, 0) is 24.3 Å². The summed E-state index contributed by atoms with van der Waals surface area (Å²) in [5.74, 6) is 0.892. The van der Waals surface area contributed by atoms with Crippen molar-refractivity contribution >= 4 is 27.5 Å². The van der Waals surface area contributed by atoms with Crippen molar-refractivity contribution in [1.29, 1.82) is 0 Å². The van der Waals surface area contributed by atoms with Gasteiger partial charge in [-0.2, -0.15) is 4.99 Å². The van der Waals surface area contributed by atoms with Gasteiger partial charge in [0.1, 0.15) is 17.0 Å². The Morgan fingerprint density at radius 1 is 1.04 bits per heavy atom. The number of aromatic nitrogens is 1. The minimum atomic E-state index is -0.348. The first-order valence-electron chi connectivity index (χ1n) is 8.07. The Balaban J connectivity index is 2.17. The van der Waals surface area contributed by atoms with Gasteiger partial charge in [0.05, 0.1) is 31.1 Å². The van der Waals surface area contributed by atoms with Gasteiger partial charge in [-0.3, -0.25) is 4.79 Å². The number of rotatable bonds is 6. The third-order valence-electron chi connectivity index (χ3n) is 3.94. The van der Waals surface area contributed by atoms with Crippen LogP contribution in [0.5, 0.6) is 11.5 Å². The van der Waals surface area contributed by atoms with E-state index in [4.69, 9.17) is 14.2 Å². The maximum atomic E-state index is 12.7. The SMILES string of the molecule is COCCn1c(=NC(=O)c2ccccc2OC)sc2cccc(OC)c21. The Kier molecular flexibility index (Phi) is 5.70. The molecule has 0 aliphatic carbocycles. The van der Waals surface area contributed by atoms with E-state index in [-0.39, 0.29) is 5.91 Å². The van der Waals surface area contributed by atoms with Crippen LogP contribution in [0.1, 0.15) is 10.4 Å². The summed E-state index contributed by atoms with van der Waals surface area (Å²) in [6.07, 6.45) is 0. The topological polar surface area (TPSA) is 62.1 Å². The molecule has 0 radical (unpaired) electrons. The van der Waals surface area contributed by atoms with Crippen LogP contribution in [0.4, 0.5) is 0 Å². The monoisotopic (exact) mass is 372 g/mol. The van der Waals surface area contributed by atoms with Crippen LogP contribution >= 0.6 is 11.3 Å². The van der Waals surface area contributed by atoms with Gasteiger partial charge < -0.3 is 18.8 Å². The summed E-state index contributed by atoms with van der Waals surface area (Å²) in [5.41, 5.74) is 1.33. The summed E-state index contributed by atoms with van der Waals surface area (Å²) in [4.78, 5) is 17.7. The van der Waals surface area contributed by atoms with E-state index in [1.54, 1.807) is 32.4 Å². The van der Waals surface area contributed by atoms with Crippen LogP contribution in [0, 0.1) is 0 Å². The summed E-state index contributed by atoms with van der Waals surface area (Å²) in [7, 11) is 4.81. The molecule has 26 heavy (non-hydrogen) atoms. The first kappa shape index (κ1) is 18.2. The molecule has 6 nitrogen and oxygen atoms in total. The molecule has 0 fully saturated rings. The lowest BCUT2D eigenvalue weighted by Gasteiger charge is -2.08. The summed E-state index contributed by atoms with van der Waals surface area (Å²) < 4.78 is 18.9. The van der Waals surface area contributed by atoms with Crippen LogP contribution in [-0.4, -0.2) is 38.4 Å². The smallest absolute Gasteiger partial charge is 0.283 e. The molecule has 0 N–H and O–H groups in total. The number of carbonyl (C=O) groups excluding carboxylic acids is 1. The van der Waals surface area contributed by atoms with E-state index >= 15 is 0 Å². The minimum absolute atomic E-state index is 0.348. The lowest BCUT2D eigenvalue weighted by molar-refractivity contribution is 0.0994. The molecule has 0 unspecified atom stereocenters. The Hall–Kier alpha value is -2.64. The normalized spacial score (nSPS) is 11.7. The molecular formula is C19H20N2O4S. The standard InChI is InChI=1S/C19H20N2O4S/c1-23-12-11-21-17-15(25-3)9-6-10-16(17)26-19(21)20-18(22)13-7-4-5-8-14(13)24-2/h4-10H,11-12H2,1-3H3. The van der Waals surface area contributed by atoms with E-state index in [9.17, 15) is 4.79 Å². The van der Waals surface area contributed by atoms with Crippen molar-refractivity contribution in [2.75, 3.05) is 27.9 Å². The highest BCUT2D eigenvalue weighted by Crippen LogP contribution is 2.27. The minimum Gasteiger partial charge on any atom is -0.496 e. The van der Waals surface area contributed by atoms with Crippen molar-refractivity contribution in [3.63, 3.8) is 0 Å². The molecule has 1 aromatic heterocycles. The lowest BCUT2D eigenvalue weighted by atomic mass is 10.2. The number of carbonyl (C=O) groups is 1. The number of methoxy groups -OCH3 is 3. The Bertz CT molecular complexity index is 991. The van der Waals surface area contributed by atoms with Crippen LogP contribution in [0.15, 0.2) is 47.5 Å². The predicted octanol–water partition coefficient (Wildman–Crippen LogP) is 3.11. The maximum Gasteiger partial charge on any atom is 0.283 e.